The molecule has 0 unspecified atom stereocenters. The standard InChI is InChI=1S/C11H16N2O5S/c1-3-7-4-9(7)13-19(15,16)6-8-5-10(12-18-8)11(14)17-2/h5,7,9,13H,3-4,6H2,1-2H3/t7-,9-/m1/s1. The molecule has 1 aliphatic rings. The summed E-state index contributed by atoms with van der Waals surface area (Å²) >= 11 is 0. The monoisotopic (exact) mass is 288 g/mol. The highest BCUT2D eigenvalue weighted by molar-refractivity contribution is 7.88. The Morgan fingerprint density at radius 1 is 1.63 bits per heavy atom. The first kappa shape index (κ1) is 14.0. The molecule has 1 aromatic heterocycles. The Morgan fingerprint density at radius 2 is 2.37 bits per heavy atom. The molecule has 0 spiro atoms. The van der Waals surface area contributed by atoms with Crippen molar-refractivity contribution in [3.05, 3.63) is 17.5 Å². The van der Waals surface area contributed by atoms with Gasteiger partial charge in [0.05, 0.1) is 7.11 Å². The number of hydrogen-bond acceptors (Lipinski definition) is 6. The number of sulfonamides is 1. The molecule has 1 saturated carbocycles. The molecule has 1 N–H and O–H groups in total. The van der Waals surface area contributed by atoms with Gasteiger partial charge in [-0.2, -0.15) is 0 Å². The van der Waals surface area contributed by atoms with Gasteiger partial charge in [-0.15, -0.1) is 0 Å². The molecule has 2 rings (SSSR count). The molecular weight excluding hydrogens is 272 g/mol. The van der Waals surface area contributed by atoms with E-state index in [0.29, 0.717) is 5.92 Å². The Bertz CT molecular complexity index is 565. The number of carbonyl (C=O) groups is 1. The summed E-state index contributed by atoms with van der Waals surface area (Å²) in [5.74, 6) is -0.450. The summed E-state index contributed by atoms with van der Waals surface area (Å²) in [5.41, 5.74) is -0.0365. The summed E-state index contributed by atoms with van der Waals surface area (Å²) in [5, 5.41) is 3.46. The minimum Gasteiger partial charge on any atom is -0.464 e. The molecule has 1 aromatic rings. The van der Waals surface area contributed by atoms with Crippen LogP contribution in [0.1, 0.15) is 36.0 Å². The van der Waals surface area contributed by atoms with Crippen LogP contribution in [0.2, 0.25) is 0 Å². The number of ether oxygens (including phenoxy) is 1. The lowest BCUT2D eigenvalue weighted by atomic mass is 10.3. The van der Waals surface area contributed by atoms with Crippen LogP contribution >= 0.6 is 0 Å². The van der Waals surface area contributed by atoms with Gasteiger partial charge in [-0.25, -0.2) is 17.9 Å². The molecule has 0 aliphatic heterocycles. The van der Waals surface area contributed by atoms with E-state index >= 15 is 0 Å². The van der Waals surface area contributed by atoms with E-state index in [1.54, 1.807) is 0 Å². The third-order valence-corrected chi connectivity index (χ3v) is 4.39. The smallest absolute Gasteiger partial charge is 0.360 e. The Labute approximate surface area is 111 Å². The van der Waals surface area contributed by atoms with E-state index in [1.165, 1.54) is 13.2 Å². The molecule has 0 aromatic carbocycles. The normalized spacial score (nSPS) is 22.2. The van der Waals surface area contributed by atoms with Gasteiger partial charge in [0.1, 0.15) is 5.75 Å². The minimum absolute atomic E-state index is 0.0259. The molecule has 19 heavy (non-hydrogen) atoms. The van der Waals surface area contributed by atoms with Crippen molar-refractivity contribution in [1.29, 1.82) is 0 Å². The van der Waals surface area contributed by atoms with E-state index in [9.17, 15) is 13.2 Å². The topological polar surface area (TPSA) is 98.5 Å². The van der Waals surface area contributed by atoms with Gasteiger partial charge >= 0.3 is 5.97 Å². The lowest BCUT2D eigenvalue weighted by Crippen LogP contribution is -2.28. The predicted octanol–water partition coefficient (Wildman–Crippen LogP) is 0.679. The van der Waals surface area contributed by atoms with E-state index in [-0.39, 0.29) is 23.2 Å². The maximum atomic E-state index is 11.8. The molecule has 1 heterocycles. The Morgan fingerprint density at radius 3 is 2.95 bits per heavy atom. The summed E-state index contributed by atoms with van der Waals surface area (Å²) in [6, 6.07) is 1.30. The zero-order valence-electron chi connectivity index (χ0n) is 10.8. The average molecular weight is 288 g/mol. The molecule has 0 bridgehead atoms. The molecule has 106 valence electrons. The molecule has 1 fully saturated rings. The summed E-state index contributed by atoms with van der Waals surface area (Å²) in [6.45, 7) is 2.03. The van der Waals surface area contributed by atoms with Crippen LogP contribution in [0.3, 0.4) is 0 Å². The number of esters is 1. The van der Waals surface area contributed by atoms with Crippen LogP contribution in [-0.4, -0.2) is 32.7 Å². The van der Waals surface area contributed by atoms with Crippen LogP contribution in [-0.2, 0) is 20.5 Å². The highest BCUT2D eigenvalue weighted by atomic mass is 32.2. The van der Waals surface area contributed by atoms with Crippen molar-refractivity contribution in [1.82, 2.24) is 9.88 Å². The average Bonchev–Trinajstić information content (AvgIpc) is 2.93. The molecule has 0 radical (unpaired) electrons. The largest absolute Gasteiger partial charge is 0.464 e. The number of carbonyl (C=O) groups excluding carboxylic acids is 1. The highest BCUT2D eigenvalue weighted by Crippen LogP contribution is 2.33. The predicted molar refractivity (Wildman–Crippen MR) is 65.8 cm³/mol. The maximum absolute atomic E-state index is 11.8. The van der Waals surface area contributed by atoms with Gasteiger partial charge in [-0.3, -0.25) is 0 Å². The van der Waals surface area contributed by atoms with Gasteiger partial charge in [-0.1, -0.05) is 18.5 Å². The zero-order valence-corrected chi connectivity index (χ0v) is 11.6. The second-order valence-corrected chi connectivity index (χ2v) is 6.31. The number of hydrogen-bond donors (Lipinski definition) is 1. The van der Waals surface area contributed by atoms with Gasteiger partial charge in [-0.05, 0) is 12.3 Å². The molecule has 7 nitrogen and oxygen atoms in total. The van der Waals surface area contributed by atoms with E-state index < -0.39 is 16.0 Å². The van der Waals surface area contributed by atoms with Crippen molar-refractivity contribution in [2.45, 2.75) is 31.6 Å². The van der Waals surface area contributed by atoms with Gasteiger partial charge in [0.15, 0.2) is 11.5 Å². The zero-order chi connectivity index (χ0) is 14.0. The molecule has 8 heteroatoms. The first-order chi connectivity index (χ1) is 8.95. The molecule has 0 saturated heterocycles. The fraction of sp³-hybridized carbons (Fsp3) is 0.636. The summed E-state index contributed by atoms with van der Waals surface area (Å²) in [4.78, 5) is 11.2. The van der Waals surface area contributed by atoms with Crippen LogP contribution in [0, 0.1) is 5.92 Å². The van der Waals surface area contributed by atoms with Crippen molar-refractivity contribution in [3.63, 3.8) is 0 Å². The molecule has 1 aliphatic carbocycles. The van der Waals surface area contributed by atoms with E-state index in [4.69, 9.17) is 4.52 Å². The lowest BCUT2D eigenvalue weighted by Gasteiger charge is -2.03. The van der Waals surface area contributed by atoms with Crippen LogP contribution in [0.25, 0.3) is 0 Å². The summed E-state index contributed by atoms with van der Waals surface area (Å²) in [6.07, 6.45) is 1.83. The van der Waals surface area contributed by atoms with Crippen molar-refractivity contribution < 1.29 is 22.5 Å². The fourth-order valence-electron chi connectivity index (χ4n) is 1.88. The first-order valence-electron chi connectivity index (χ1n) is 5.99. The van der Waals surface area contributed by atoms with Crippen molar-refractivity contribution >= 4 is 16.0 Å². The third-order valence-electron chi connectivity index (χ3n) is 3.06. The molecular formula is C11H16N2O5S. The van der Waals surface area contributed by atoms with E-state index in [0.717, 1.165) is 12.8 Å². The first-order valence-corrected chi connectivity index (χ1v) is 7.64. The third kappa shape index (κ3) is 3.54. The summed E-state index contributed by atoms with van der Waals surface area (Å²) in [7, 11) is -2.25. The van der Waals surface area contributed by atoms with Crippen LogP contribution in [0.15, 0.2) is 10.6 Å². The maximum Gasteiger partial charge on any atom is 0.360 e. The quantitative estimate of drug-likeness (QED) is 0.773. The van der Waals surface area contributed by atoms with Crippen molar-refractivity contribution in [3.8, 4) is 0 Å². The highest BCUT2D eigenvalue weighted by Gasteiger charge is 2.38. The lowest BCUT2D eigenvalue weighted by molar-refractivity contribution is 0.0589. The van der Waals surface area contributed by atoms with Crippen molar-refractivity contribution in [2.24, 2.45) is 5.92 Å². The van der Waals surface area contributed by atoms with Gasteiger partial charge < -0.3 is 9.26 Å². The number of aromatic nitrogens is 1. The van der Waals surface area contributed by atoms with E-state index in [1.807, 2.05) is 6.92 Å². The SMILES string of the molecule is CC[C@@H]1C[C@H]1NS(=O)(=O)Cc1cc(C(=O)OC)no1. The van der Waals surface area contributed by atoms with Crippen LogP contribution in [0.5, 0.6) is 0 Å². The number of rotatable bonds is 6. The summed E-state index contributed by atoms with van der Waals surface area (Å²) < 4.78 is 35.6. The Kier molecular flexibility index (Phi) is 3.91. The van der Waals surface area contributed by atoms with Gasteiger partial charge in [0.2, 0.25) is 10.0 Å². The minimum atomic E-state index is -3.47. The number of nitrogens with one attached hydrogen (secondary N) is 1. The number of methoxy groups -OCH3 is 1. The number of nitrogens with zero attached hydrogens (tertiary/aromatic N) is 1. The fourth-order valence-corrected chi connectivity index (χ4v) is 3.23. The van der Waals surface area contributed by atoms with Crippen molar-refractivity contribution in [2.75, 3.05) is 7.11 Å². The van der Waals surface area contributed by atoms with Crippen LogP contribution in [0.4, 0.5) is 0 Å². The van der Waals surface area contributed by atoms with E-state index in [2.05, 4.69) is 14.6 Å². The molecule has 0 amide bonds. The second-order valence-electron chi connectivity index (χ2n) is 4.56. The van der Waals surface area contributed by atoms with Gasteiger partial charge in [0, 0.05) is 12.1 Å². The second kappa shape index (κ2) is 5.30. The van der Waals surface area contributed by atoms with Gasteiger partial charge in [0.25, 0.3) is 0 Å². The Balaban J connectivity index is 1.96. The molecule has 2 atom stereocenters. The Hall–Kier alpha value is -1.41. The van der Waals surface area contributed by atoms with Crippen LogP contribution < -0.4 is 4.72 Å².